The lowest BCUT2D eigenvalue weighted by Gasteiger charge is -2.12. The van der Waals surface area contributed by atoms with Crippen LogP contribution in [-0.2, 0) is 9.53 Å². The van der Waals surface area contributed by atoms with Gasteiger partial charge in [0.25, 0.3) is 0 Å². The predicted octanol–water partition coefficient (Wildman–Crippen LogP) is 2.34. The molecule has 7 nitrogen and oxygen atoms in total. The van der Waals surface area contributed by atoms with Gasteiger partial charge in [0.2, 0.25) is 11.8 Å². The molecule has 1 aliphatic heterocycles. The molecular formula is C19H20ClN3O4. The molecule has 1 fully saturated rings. The molecule has 1 saturated heterocycles. The number of carbonyl (C=O) groups excluding carboxylic acids is 1. The summed E-state index contributed by atoms with van der Waals surface area (Å²) in [6.07, 6.45) is 2.93. The molecule has 0 unspecified atom stereocenters. The second kappa shape index (κ2) is 8.89. The van der Waals surface area contributed by atoms with E-state index in [-0.39, 0.29) is 29.2 Å². The Morgan fingerprint density at radius 2 is 2.26 bits per heavy atom. The van der Waals surface area contributed by atoms with E-state index in [1.54, 1.807) is 18.3 Å². The van der Waals surface area contributed by atoms with Gasteiger partial charge in [-0.15, -0.1) is 11.6 Å². The second-order valence-electron chi connectivity index (χ2n) is 6.36. The van der Waals surface area contributed by atoms with Gasteiger partial charge in [-0.2, -0.15) is 5.26 Å². The maximum Gasteiger partial charge on any atom is 0.225 e. The van der Waals surface area contributed by atoms with Crippen LogP contribution in [0.2, 0.25) is 0 Å². The van der Waals surface area contributed by atoms with Crippen molar-refractivity contribution in [1.29, 1.82) is 5.26 Å². The zero-order valence-electron chi connectivity index (χ0n) is 14.7. The Morgan fingerprint density at radius 1 is 1.41 bits per heavy atom. The molecule has 1 aromatic heterocycles. The van der Waals surface area contributed by atoms with Gasteiger partial charge in [0, 0.05) is 29.9 Å². The molecule has 0 radical (unpaired) electrons. The number of amides is 1. The zero-order chi connectivity index (χ0) is 19.2. The van der Waals surface area contributed by atoms with Gasteiger partial charge in [0.1, 0.15) is 11.8 Å². The molecule has 2 N–H and O–H groups in total. The smallest absolute Gasteiger partial charge is 0.225 e. The number of phenolic OH excluding ortho intramolecular Hbond substituents is 1. The van der Waals surface area contributed by atoms with Crippen molar-refractivity contribution in [3.63, 3.8) is 0 Å². The number of nitriles is 1. The Kier molecular flexibility index (Phi) is 6.32. The van der Waals surface area contributed by atoms with E-state index >= 15 is 0 Å². The Morgan fingerprint density at radius 3 is 3.04 bits per heavy atom. The van der Waals surface area contributed by atoms with Gasteiger partial charge in [-0.1, -0.05) is 0 Å². The van der Waals surface area contributed by atoms with E-state index in [0.29, 0.717) is 49.8 Å². The minimum atomic E-state index is -0.157. The molecule has 0 saturated carbocycles. The van der Waals surface area contributed by atoms with Crippen LogP contribution in [0.4, 0.5) is 0 Å². The fourth-order valence-electron chi connectivity index (χ4n) is 3.13. The van der Waals surface area contributed by atoms with E-state index in [1.165, 1.54) is 6.07 Å². The van der Waals surface area contributed by atoms with Crippen LogP contribution < -0.4 is 10.1 Å². The third kappa shape index (κ3) is 4.59. The Hall–Kier alpha value is -2.56. The van der Waals surface area contributed by atoms with Crippen LogP contribution in [0.3, 0.4) is 0 Å². The monoisotopic (exact) mass is 389 g/mol. The second-order valence-corrected chi connectivity index (χ2v) is 6.74. The van der Waals surface area contributed by atoms with Crippen molar-refractivity contribution in [2.45, 2.75) is 18.9 Å². The normalized spacial score (nSPS) is 19.0. The highest BCUT2D eigenvalue weighted by Crippen LogP contribution is 2.30. The van der Waals surface area contributed by atoms with Crippen LogP contribution >= 0.6 is 11.6 Å². The van der Waals surface area contributed by atoms with E-state index < -0.39 is 0 Å². The van der Waals surface area contributed by atoms with Gasteiger partial charge in [-0.25, -0.2) is 4.98 Å². The molecule has 1 aliphatic rings. The third-order valence-electron chi connectivity index (χ3n) is 4.50. The number of pyridine rings is 1. The van der Waals surface area contributed by atoms with Gasteiger partial charge in [0.15, 0.2) is 0 Å². The molecule has 3 rings (SSSR count). The van der Waals surface area contributed by atoms with Crippen LogP contribution in [0.1, 0.15) is 18.4 Å². The van der Waals surface area contributed by atoms with Crippen molar-refractivity contribution in [1.82, 2.24) is 10.3 Å². The number of nitrogens with one attached hydrogen (secondary N) is 1. The average molecular weight is 390 g/mol. The van der Waals surface area contributed by atoms with Crippen molar-refractivity contribution < 1.29 is 19.4 Å². The van der Waals surface area contributed by atoms with Gasteiger partial charge in [-0.3, -0.25) is 4.79 Å². The summed E-state index contributed by atoms with van der Waals surface area (Å²) in [5.74, 6) is 0.529. The van der Waals surface area contributed by atoms with Gasteiger partial charge in [-0.05, 0) is 30.0 Å². The number of hydrogen-bond acceptors (Lipinski definition) is 6. The fraction of sp³-hybridized carbons (Fsp3) is 0.421. The van der Waals surface area contributed by atoms with Crippen LogP contribution in [-0.4, -0.2) is 47.7 Å². The quantitative estimate of drug-likeness (QED) is 0.530. The molecular weight excluding hydrogens is 370 g/mol. The summed E-state index contributed by atoms with van der Waals surface area (Å²) in [4.78, 5) is 16.2. The zero-order valence-corrected chi connectivity index (χ0v) is 15.4. The fourth-order valence-corrected chi connectivity index (χ4v) is 3.24. The van der Waals surface area contributed by atoms with Crippen LogP contribution in [0.25, 0.3) is 10.8 Å². The van der Waals surface area contributed by atoms with E-state index in [9.17, 15) is 9.90 Å². The third-order valence-corrected chi connectivity index (χ3v) is 4.65. The number of phenols is 1. The Labute approximate surface area is 161 Å². The molecule has 1 amide bonds. The summed E-state index contributed by atoms with van der Waals surface area (Å²) in [5.41, 5.74) is 0.204. The molecule has 0 spiro atoms. The molecule has 2 atom stereocenters. The lowest BCUT2D eigenvalue weighted by molar-refractivity contribution is -0.124. The summed E-state index contributed by atoms with van der Waals surface area (Å²) in [6, 6.07) is 6.81. The van der Waals surface area contributed by atoms with Crippen molar-refractivity contribution in [2.24, 2.45) is 5.92 Å². The standard InChI is InChI=1S/C19H20ClN3O4/c20-3-6-26-11-14-8-15(23-18(14)25)2-5-27-19-16-9-17(24)13(10-21)7-12(16)1-4-22-19/h1,4,7,9,14-15,24H,2-3,5-6,8,11H2,(H,23,25)/t14-,15-/m1/s1. The maximum atomic E-state index is 12.0. The van der Waals surface area contributed by atoms with Crippen molar-refractivity contribution in [3.8, 4) is 17.7 Å². The lowest BCUT2D eigenvalue weighted by Crippen LogP contribution is -2.28. The number of fused-ring (bicyclic) bond motifs is 1. The van der Waals surface area contributed by atoms with E-state index in [0.717, 1.165) is 5.39 Å². The van der Waals surface area contributed by atoms with Gasteiger partial charge in [0.05, 0.1) is 31.3 Å². The Bertz CT molecular complexity index is 868. The number of alkyl halides is 1. The first-order valence-corrected chi connectivity index (χ1v) is 9.24. The molecule has 2 heterocycles. The first-order chi connectivity index (χ1) is 13.1. The number of carbonyl (C=O) groups is 1. The molecule has 0 aliphatic carbocycles. The van der Waals surface area contributed by atoms with Crippen molar-refractivity contribution >= 4 is 28.3 Å². The largest absolute Gasteiger partial charge is 0.507 e. The number of ether oxygens (including phenoxy) is 2. The van der Waals surface area contributed by atoms with Gasteiger partial charge < -0.3 is 19.9 Å². The number of aromatic nitrogens is 1. The van der Waals surface area contributed by atoms with E-state index in [1.807, 2.05) is 6.07 Å². The highest BCUT2D eigenvalue weighted by Gasteiger charge is 2.31. The number of halogens is 1. The summed E-state index contributed by atoms with van der Waals surface area (Å²) in [6.45, 7) is 1.18. The van der Waals surface area contributed by atoms with Gasteiger partial charge >= 0.3 is 0 Å². The van der Waals surface area contributed by atoms with Crippen LogP contribution in [0.15, 0.2) is 24.4 Å². The predicted molar refractivity (Wildman–Crippen MR) is 99.8 cm³/mol. The van der Waals surface area contributed by atoms with Crippen molar-refractivity contribution in [2.75, 3.05) is 25.7 Å². The summed E-state index contributed by atoms with van der Waals surface area (Å²) < 4.78 is 11.1. The summed E-state index contributed by atoms with van der Waals surface area (Å²) >= 11 is 5.57. The average Bonchev–Trinajstić information content (AvgIpc) is 3.01. The molecule has 2 aromatic rings. The number of benzene rings is 1. The summed E-state index contributed by atoms with van der Waals surface area (Å²) in [7, 11) is 0. The van der Waals surface area contributed by atoms with Crippen LogP contribution in [0, 0.1) is 17.2 Å². The highest BCUT2D eigenvalue weighted by atomic mass is 35.5. The molecule has 8 heteroatoms. The first-order valence-electron chi connectivity index (χ1n) is 8.71. The SMILES string of the molecule is N#Cc1cc2ccnc(OCC[C@@H]3C[C@H](COCCCl)C(=O)N3)c2cc1O. The number of nitrogens with zero attached hydrogens (tertiary/aromatic N) is 2. The molecule has 1 aromatic carbocycles. The summed E-state index contributed by atoms with van der Waals surface area (Å²) in [5, 5.41) is 23.3. The number of rotatable bonds is 8. The maximum absolute atomic E-state index is 12.0. The molecule has 27 heavy (non-hydrogen) atoms. The topological polar surface area (TPSA) is 104 Å². The highest BCUT2D eigenvalue weighted by molar-refractivity contribution is 6.17. The minimum Gasteiger partial charge on any atom is -0.507 e. The Balaban J connectivity index is 1.57. The van der Waals surface area contributed by atoms with Crippen LogP contribution in [0.5, 0.6) is 11.6 Å². The molecule has 142 valence electrons. The lowest BCUT2D eigenvalue weighted by atomic mass is 10.0. The molecule has 0 bridgehead atoms. The van der Waals surface area contributed by atoms with E-state index in [2.05, 4.69) is 10.3 Å². The van der Waals surface area contributed by atoms with Crippen molar-refractivity contribution in [3.05, 3.63) is 30.0 Å². The number of aromatic hydroxyl groups is 1. The number of hydrogen-bond donors (Lipinski definition) is 2. The first kappa shape index (κ1) is 19.2. The minimum absolute atomic E-state index is 0.00758. The van der Waals surface area contributed by atoms with E-state index in [4.69, 9.17) is 26.3 Å².